The van der Waals surface area contributed by atoms with Gasteiger partial charge >= 0.3 is 5.97 Å². The molecule has 0 saturated carbocycles. The van der Waals surface area contributed by atoms with Gasteiger partial charge in [0.15, 0.2) is 6.10 Å². The molecule has 6 nitrogen and oxygen atoms in total. The molecular weight excluding hydrogens is 272 g/mol. The minimum absolute atomic E-state index is 0.0439. The van der Waals surface area contributed by atoms with E-state index in [1.54, 1.807) is 36.1 Å². The number of hydrogen-bond acceptors (Lipinski definition) is 5. The average molecular weight is 292 g/mol. The molecule has 1 N–H and O–H groups in total. The molecule has 0 aromatic heterocycles. The highest BCUT2D eigenvalue weighted by Crippen LogP contribution is 2.21. The molecule has 1 unspecified atom stereocenters. The van der Waals surface area contributed by atoms with Crippen LogP contribution < -0.4 is 4.90 Å². The highest BCUT2D eigenvalue weighted by molar-refractivity contribution is 5.95. The standard InChI is InChI=1S/C15H20N2O4/c1-3-21-15(20)14(19)11-4-6-12(7-5-11)17-9-8-16(2)10-13(17)18/h4-7,14,19H,3,8-10H2,1-2H3. The highest BCUT2D eigenvalue weighted by Gasteiger charge is 2.23. The Bertz CT molecular complexity index is 515. The number of carbonyl (C=O) groups is 2. The summed E-state index contributed by atoms with van der Waals surface area (Å²) in [7, 11) is 1.91. The summed E-state index contributed by atoms with van der Waals surface area (Å²) in [5, 5.41) is 9.85. The summed E-state index contributed by atoms with van der Waals surface area (Å²) < 4.78 is 4.77. The van der Waals surface area contributed by atoms with Gasteiger partial charge in [-0.05, 0) is 31.7 Å². The number of piperazine rings is 1. The Morgan fingerprint density at radius 3 is 2.57 bits per heavy atom. The summed E-state index contributed by atoms with van der Waals surface area (Å²) in [4.78, 5) is 27.1. The number of nitrogens with zero attached hydrogens (tertiary/aromatic N) is 2. The molecule has 21 heavy (non-hydrogen) atoms. The molecule has 0 bridgehead atoms. The molecule has 6 heteroatoms. The summed E-state index contributed by atoms with van der Waals surface area (Å²) in [6.45, 7) is 3.76. The van der Waals surface area contributed by atoms with Crippen molar-refractivity contribution in [3.63, 3.8) is 0 Å². The highest BCUT2D eigenvalue weighted by atomic mass is 16.5. The van der Waals surface area contributed by atoms with Crippen molar-refractivity contribution in [1.82, 2.24) is 4.90 Å². The van der Waals surface area contributed by atoms with Crippen LogP contribution in [0.15, 0.2) is 24.3 Å². The number of hydrogen-bond donors (Lipinski definition) is 1. The second kappa shape index (κ2) is 6.69. The number of ether oxygens (including phenoxy) is 1. The molecule has 0 spiro atoms. The fraction of sp³-hybridized carbons (Fsp3) is 0.467. The second-order valence-corrected chi connectivity index (χ2v) is 5.03. The fourth-order valence-electron chi connectivity index (χ4n) is 2.26. The predicted molar refractivity (Wildman–Crippen MR) is 77.9 cm³/mol. The summed E-state index contributed by atoms with van der Waals surface area (Å²) >= 11 is 0. The minimum Gasteiger partial charge on any atom is -0.464 e. The van der Waals surface area contributed by atoms with Gasteiger partial charge in [-0.1, -0.05) is 12.1 Å². The lowest BCUT2D eigenvalue weighted by atomic mass is 10.1. The Morgan fingerprint density at radius 1 is 1.33 bits per heavy atom. The van der Waals surface area contributed by atoms with Crippen LogP contribution in [0.2, 0.25) is 0 Å². The first-order valence-corrected chi connectivity index (χ1v) is 6.96. The van der Waals surface area contributed by atoms with Crippen LogP contribution in [0.25, 0.3) is 0 Å². The second-order valence-electron chi connectivity index (χ2n) is 5.03. The lowest BCUT2D eigenvalue weighted by Gasteiger charge is -2.32. The van der Waals surface area contributed by atoms with E-state index in [0.717, 1.165) is 12.2 Å². The summed E-state index contributed by atoms with van der Waals surface area (Å²) in [6, 6.07) is 6.76. The SMILES string of the molecule is CCOC(=O)C(O)c1ccc(N2CCN(C)CC2=O)cc1. The van der Waals surface area contributed by atoms with Crippen LogP contribution in [0.4, 0.5) is 5.69 Å². The van der Waals surface area contributed by atoms with Crippen LogP contribution in [0.5, 0.6) is 0 Å². The van der Waals surface area contributed by atoms with E-state index >= 15 is 0 Å². The summed E-state index contributed by atoms with van der Waals surface area (Å²) in [5.74, 6) is -0.622. The normalized spacial score (nSPS) is 17.7. The Balaban J connectivity index is 2.08. The maximum absolute atomic E-state index is 12.0. The van der Waals surface area contributed by atoms with E-state index in [4.69, 9.17) is 4.74 Å². The molecule has 1 heterocycles. The molecule has 114 valence electrons. The lowest BCUT2D eigenvalue weighted by Crippen LogP contribution is -2.48. The number of benzene rings is 1. The van der Waals surface area contributed by atoms with Crippen molar-refractivity contribution in [2.24, 2.45) is 0 Å². The van der Waals surface area contributed by atoms with Crippen LogP contribution in [0.1, 0.15) is 18.6 Å². The number of rotatable bonds is 4. The molecule has 2 rings (SSSR count). The fourth-order valence-corrected chi connectivity index (χ4v) is 2.26. The largest absolute Gasteiger partial charge is 0.464 e. The Kier molecular flexibility index (Phi) is 4.93. The van der Waals surface area contributed by atoms with Gasteiger partial charge in [0.25, 0.3) is 0 Å². The van der Waals surface area contributed by atoms with Crippen LogP contribution in [0, 0.1) is 0 Å². The maximum atomic E-state index is 12.0. The van der Waals surface area contributed by atoms with Crippen LogP contribution >= 0.6 is 0 Å². The van der Waals surface area contributed by atoms with Crippen molar-refractivity contribution in [1.29, 1.82) is 0 Å². The molecule has 0 radical (unpaired) electrons. The first kappa shape index (κ1) is 15.5. The number of anilines is 1. The van der Waals surface area contributed by atoms with Crippen molar-refractivity contribution in [2.45, 2.75) is 13.0 Å². The zero-order valence-corrected chi connectivity index (χ0v) is 12.3. The van der Waals surface area contributed by atoms with Crippen molar-refractivity contribution < 1.29 is 19.4 Å². The molecule has 0 aliphatic carbocycles. The third kappa shape index (κ3) is 3.59. The van der Waals surface area contributed by atoms with E-state index in [2.05, 4.69) is 0 Å². The molecule has 1 aliphatic rings. The number of esters is 1. The number of amides is 1. The van der Waals surface area contributed by atoms with Gasteiger partial charge in [-0.3, -0.25) is 9.69 Å². The van der Waals surface area contributed by atoms with E-state index in [-0.39, 0.29) is 12.5 Å². The number of carbonyl (C=O) groups excluding carboxylic acids is 2. The molecule has 1 atom stereocenters. The van der Waals surface area contributed by atoms with Crippen molar-refractivity contribution >= 4 is 17.6 Å². The third-order valence-electron chi connectivity index (χ3n) is 3.44. The van der Waals surface area contributed by atoms with Crippen LogP contribution in [0.3, 0.4) is 0 Å². The first-order valence-electron chi connectivity index (χ1n) is 6.96. The maximum Gasteiger partial charge on any atom is 0.339 e. The zero-order chi connectivity index (χ0) is 15.4. The van der Waals surface area contributed by atoms with Gasteiger partial charge in [0.2, 0.25) is 5.91 Å². The quantitative estimate of drug-likeness (QED) is 0.821. The van der Waals surface area contributed by atoms with Gasteiger partial charge in [-0.25, -0.2) is 4.79 Å². The zero-order valence-electron chi connectivity index (χ0n) is 12.3. The third-order valence-corrected chi connectivity index (χ3v) is 3.44. The number of likely N-dealkylation sites (N-methyl/N-ethyl adjacent to an activating group) is 1. The first-order chi connectivity index (χ1) is 10.0. The van der Waals surface area contributed by atoms with Gasteiger partial charge in [0, 0.05) is 18.8 Å². The molecule has 1 saturated heterocycles. The van der Waals surface area contributed by atoms with Crippen LogP contribution in [-0.2, 0) is 14.3 Å². The van der Waals surface area contributed by atoms with Gasteiger partial charge in [-0.15, -0.1) is 0 Å². The number of aliphatic hydroxyl groups excluding tert-OH is 1. The topological polar surface area (TPSA) is 70.1 Å². The van der Waals surface area contributed by atoms with Gasteiger partial charge in [-0.2, -0.15) is 0 Å². The molecule has 1 aromatic rings. The Morgan fingerprint density at radius 2 is 2.00 bits per heavy atom. The molecule has 1 aliphatic heterocycles. The number of aliphatic hydroxyl groups is 1. The van der Waals surface area contributed by atoms with Crippen LogP contribution in [-0.4, -0.2) is 55.2 Å². The van der Waals surface area contributed by atoms with Crippen molar-refractivity contribution in [2.75, 3.05) is 38.2 Å². The molecule has 1 aromatic carbocycles. The van der Waals surface area contributed by atoms with Crippen molar-refractivity contribution in [3.8, 4) is 0 Å². The Labute approximate surface area is 123 Å². The van der Waals surface area contributed by atoms with E-state index in [1.807, 2.05) is 11.9 Å². The minimum atomic E-state index is -1.29. The van der Waals surface area contributed by atoms with E-state index in [9.17, 15) is 14.7 Å². The smallest absolute Gasteiger partial charge is 0.339 e. The molecule has 1 fully saturated rings. The van der Waals surface area contributed by atoms with E-state index in [0.29, 0.717) is 18.7 Å². The summed E-state index contributed by atoms with van der Waals surface area (Å²) in [5.41, 5.74) is 1.23. The summed E-state index contributed by atoms with van der Waals surface area (Å²) in [6.07, 6.45) is -1.29. The average Bonchev–Trinajstić information content (AvgIpc) is 2.47. The van der Waals surface area contributed by atoms with Gasteiger partial charge in [0.05, 0.1) is 13.2 Å². The van der Waals surface area contributed by atoms with Gasteiger partial charge in [0.1, 0.15) is 0 Å². The van der Waals surface area contributed by atoms with E-state index in [1.165, 1.54) is 0 Å². The monoisotopic (exact) mass is 292 g/mol. The van der Waals surface area contributed by atoms with Gasteiger partial charge < -0.3 is 14.7 Å². The molecular formula is C15H20N2O4. The van der Waals surface area contributed by atoms with Crippen molar-refractivity contribution in [3.05, 3.63) is 29.8 Å². The Hall–Kier alpha value is -1.92. The van der Waals surface area contributed by atoms with E-state index < -0.39 is 12.1 Å². The molecule has 1 amide bonds. The predicted octanol–water partition coefficient (Wildman–Crippen LogP) is 0.561. The lowest BCUT2D eigenvalue weighted by molar-refractivity contribution is -0.153.